The minimum absolute atomic E-state index is 0.00275. The van der Waals surface area contributed by atoms with Crippen LogP contribution in [0.25, 0.3) is 0 Å². The molecule has 25 heavy (non-hydrogen) atoms. The van der Waals surface area contributed by atoms with Gasteiger partial charge in [-0.1, -0.05) is 5.16 Å². The standard InChI is InChI=1S/C17H27N5O3/c1-11(23)18-8-15-6-5-14(22(15)10-13-3-4-13)7-17(24)19-9-16-20-12(2)25-21-16/h13-15H,3-10H2,1-2H3,(H,18,23)(H,19,24)/t14-,15+/m0/s1. The number of likely N-dealkylation sites (tertiary alicyclic amines) is 1. The summed E-state index contributed by atoms with van der Waals surface area (Å²) in [6.07, 6.45) is 5.04. The van der Waals surface area contributed by atoms with E-state index in [1.165, 1.54) is 12.8 Å². The largest absolute Gasteiger partial charge is 0.355 e. The molecule has 1 aliphatic heterocycles. The Hall–Kier alpha value is -1.96. The zero-order chi connectivity index (χ0) is 17.8. The molecule has 0 bridgehead atoms. The van der Waals surface area contributed by atoms with E-state index >= 15 is 0 Å². The van der Waals surface area contributed by atoms with E-state index in [0.717, 1.165) is 25.3 Å². The molecule has 2 fully saturated rings. The van der Waals surface area contributed by atoms with E-state index in [0.29, 0.717) is 37.3 Å². The first-order valence-corrected chi connectivity index (χ1v) is 9.07. The Kier molecular flexibility index (Phi) is 5.67. The summed E-state index contributed by atoms with van der Waals surface area (Å²) in [5.41, 5.74) is 0. The van der Waals surface area contributed by atoms with Gasteiger partial charge in [-0.05, 0) is 31.6 Å². The molecule has 1 aliphatic carbocycles. The fourth-order valence-corrected chi connectivity index (χ4v) is 3.49. The molecule has 0 unspecified atom stereocenters. The minimum Gasteiger partial charge on any atom is -0.355 e. The number of amides is 2. The second kappa shape index (κ2) is 7.95. The van der Waals surface area contributed by atoms with E-state index in [2.05, 4.69) is 25.7 Å². The quantitative estimate of drug-likeness (QED) is 0.719. The lowest BCUT2D eigenvalue weighted by Gasteiger charge is -2.30. The maximum absolute atomic E-state index is 12.3. The van der Waals surface area contributed by atoms with Gasteiger partial charge in [0.15, 0.2) is 5.82 Å². The molecular formula is C17H27N5O3. The molecule has 2 N–H and O–H groups in total. The van der Waals surface area contributed by atoms with Crippen LogP contribution in [0.2, 0.25) is 0 Å². The maximum Gasteiger partial charge on any atom is 0.223 e. The van der Waals surface area contributed by atoms with Gasteiger partial charge in [0, 0.05) is 45.4 Å². The fourth-order valence-electron chi connectivity index (χ4n) is 3.49. The van der Waals surface area contributed by atoms with Gasteiger partial charge in [-0.2, -0.15) is 4.98 Å². The summed E-state index contributed by atoms with van der Waals surface area (Å²) >= 11 is 0. The Bertz CT molecular complexity index is 613. The van der Waals surface area contributed by atoms with Gasteiger partial charge >= 0.3 is 0 Å². The van der Waals surface area contributed by atoms with Gasteiger partial charge in [0.05, 0.1) is 6.54 Å². The highest BCUT2D eigenvalue weighted by atomic mass is 16.5. The van der Waals surface area contributed by atoms with Crippen molar-refractivity contribution in [1.82, 2.24) is 25.7 Å². The van der Waals surface area contributed by atoms with E-state index < -0.39 is 0 Å². The Morgan fingerprint density at radius 2 is 1.96 bits per heavy atom. The third-order valence-electron chi connectivity index (χ3n) is 4.96. The number of nitrogens with zero attached hydrogens (tertiary/aromatic N) is 3. The van der Waals surface area contributed by atoms with Gasteiger partial charge in [0.25, 0.3) is 0 Å². The van der Waals surface area contributed by atoms with Crippen molar-refractivity contribution in [2.75, 3.05) is 13.1 Å². The topological polar surface area (TPSA) is 100 Å². The highest BCUT2D eigenvalue weighted by molar-refractivity contribution is 5.76. The molecule has 8 heteroatoms. The summed E-state index contributed by atoms with van der Waals surface area (Å²) < 4.78 is 4.90. The summed E-state index contributed by atoms with van der Waals surface area (Å²) in [5.74, 6) is 1.76. The summed E-state index contributed by atoms with van der Waals surface area (Å²) in [6, 6.07) is 0.577. The van der Waals surface area contributed by atoms with Gasteiger partial charge in [0.1, 0.15) is 0 Å². The van der Waals surface area contributed by atoms with Crippen molar-refractivity contribution in [3.8, 4) is 0 Å². The average molecular weight is 349 g/mol. The van der Waals surface area contributed by atoms with Crippen molar-refractivity contribution in [3.63, 3.8) is 0 Å². The van der Waals surface area contributed by atoms with E-state index in [-0.39, 0.29) is 17.9 Å². The predicted molar refractivity (Wildman–Crippen MR) is 90.4 cm³/mol. The van der Waals surface area contributed by atoms with Crippen LogP contribution in [0.1, 0.15) is 50.7 Å². The lowest BCUT2D eigenvalue weighted by molar-refractivity contribution is -0.123. The minimum atomic E-state index is 0.00275. The third-order valence-corrected chi connectivity index (χ3v) is 4.96. The lowest BCUT2D eigenvalue weighted by Crippen LogP contribution is -2.45. The van der Waals surface area contributed by atoms with Crippen LogP contribution in [-0.2, 0) is 16.1 Å². The van der Waals surface area contributed by atoms with E-state index in [1.54, 1.807) is 13.8 Å². The average Bonchev–Trinajstić information content (AvgIpc) is 3.17. The molecule has 2 heterocycles. The zero-order valence-electron chi connectivity index (χ0n) is 15.0. The van der Waals surface area contributed by atoms with Gasteiger partial charge < -0.3 is 15.2 Å². The van der Waals surface area contributed by atoms with Crippen molar-refractivity contribution in [2.24, 2.45) is 5.92 Å². The molecule has 2 atom stereocenters. The van der Waals surface area contributed by atoms with Crippen molar-refractivity contribution in [3.05, 3.63) is 11.7 Å². The maximum atomic E-state index is 12.3. The fraction of sp³-hybridized carbons (Fsp3) is 0.765. The van der Waals surface area contributed by atoms with Crippen LogP contribution in [-0.4, -0.2) is 52.0 Å². The smallest absolute Gasteiger partial charge is 0.223 e. The van der Waals surface area contributed by atoms with Crippen molar-refractivity contribution in [2.45, 2.75) is 64.6 Å². The highest BCUT2D eigenvalue weighted by Crippen LogP contribution is 2.35. The molecule has 1 saturated heterocycles. The molecule has 138 valence electrons. The first-order valence-electron chi connectivity index (χ1n) is 9.07. The zero-order valence-corrected chi connectivity index (χ0v) is 15.0. The highest BCUT2D eigenvalue weighted by Gasteiger charge is 2.37. The van der Waals surface area contributed by atoms with Crippen LogP contribution in [0.3, 0.4) is 0 Å². The Morgan fingerprint density at radius 1 is 1.20 bits per heavy atom. The van der Waals surface area contributed by atoms with Crippen LogP contribution in [0.5, 0.6) is 0 Å². The van der Waals surface area contributed by atoms with Gasteiger partial charge in [-0.25, -0.2) is 0 Å². The molecule has 2 amide bonds. The summed E-state index contributed by atoms with van der Waals surface area (Å²) in [6.45, 7) is 5.27. The van der Waals surface area contributed by atoms with Crippen LogP contribution in [0, 0.1) is 12.8 Å². The number of hydrogen-bond donors (Lipinski definition) is 2. The second-order valence-electron chi connectivity index (χ2n) is 7.17. The third kappa shape index (κ3) is 5.26. The number of aromatic nitrogens is 2. The number of nitrogens with one attached hydrogen (secondary N) is 2. The van der Waals surface area contributed by atoms with Crippen LogP contribution < -0.4 is 10.6 Å². The van der Waals surface area contributed by atoms with E-state index in [1.807, 2.05) is 0 Å². The molecule has 1 saturated carbocycles. The van der Waals surface area contributed by atoms with Crippen molar-refractivity contribution >= 4 is 11.8 Å². The second-order valence-corrected chi connectivity index (χ2v) is 7.17. The number of carbonyl (C=O) groups excluding carboxylic acids is 2. The first-order chi connectivity index (χ1) is 12.0. The normalized spacial score (nSPS) is 23.6. The van der Waals surface area contributed by atoms with Crippen LogP contribution >= 0.6 is 0 Å². The lowest BCUT2D eigenvalue weighted by atomic mass is 10.1. The summed E-state index contributed by atoms with van der Waals surface area (Å²) in [5, 5.41) is 9.58. The van der Waals surface area contributed by atoms with Gasteiger partial charge in [-0.3, -0.25) is 14.5 Å². The number of aryl methyl sites for hydroxylation is 1. The van der Waals surface area contributed by atoms with Crippen molar-refractivity contribution in [1.29, 1.82) is 0 Å². The SMILES string of the molecule is CC(=O)NC[C@H]1CC[C@@H](CC(=O)NCc2noc(C)n2)N1CC1CC1. The first kappa shape index (κ1) is 17.8. The predicted octanol–water partition coefficient (Wildman–Crippen LogP) is 0.763. The number of hydrogen-bond acceptors (Lipinski definition) is 6. The van der Waals surface area contributed by atoms with Crippen molar-refractivity contribution < 1.29 is 14.1 Å². The monoisotopic (exact) mass is 349 g/mol. The van der Waals surface area contributed by atoms with E-state index in [9.17, 15) is 9.59 Å². The summed E-state index contributed by atoms with van der Waals surface area (Å²) in [4.78, 5) is 30.0. The Balaban J connectivity index is 1.50. The van der Waals surface area contributed by atoms with Crippen LogP contribution in [0.15, 0.2) is 4.52 Å². The van der Waals surface area contributed by atoms with Crippen LogP contribution in [0.4, 0.5) is 0 Å². The molecule has 3 rings (SSSR count). The van der Waals surface area contributed by atoms with Gasteiger partial charge in [0.2, 0.25) is 17.7 Å². The van der Waals surface area contributed by atoms with Gasteiger partial charge in [-0.15, -0.1) is 0 Å². The Labute approximate surface area is 147 Å². The molecule has 0 radical (unpaired) electrons. The molecule has 1 aromatic heterocycles. The molecule has 1 aromatic rings. The molecule has 2 aliphatic rings. The molecule has 8 nitrogen and oxygen atoms in total. The Morgan fingerprint density at radius 3 is 2.60 bits per heavy atom. The molecule has 0 aromatic carbocycles. The number of rotatable bonds is 8. The molecular weight excluding hydrogens is 322 g/mol. The number of carbonyl (C=O) groups is 2. The van der Waals surface area contributed by atoms with E-state index in [4.69, 9.17) is 4.52 Å². The summed E-state index contributed by atoms with van der Waals surface area (Å²) in [7, 11) is 0. The molecule has 0 spiro atoms.